The van der Waals surface area contributed by atoms with Crippen molar-refractivity contribution in [2.75, 3.05) is 0 Å². The molecule has 3 rings (SSSR count). The van der Waals surface area contributed by atoms with E-state index in [1.165, 1.54) is 12.8 Å². The number of carbonyl (C=O) groups is 1. The van der Waals surface area contributed by atoms with Crippen molar-refractivity contribution in [3.8, 4) is 0 Å². The van der Waals surface area contributed by atoms with Gasteiger partial charge in [0.2, 0.25) is 0 Å². The van der Waals surface area contributed by atoms with Crippen LogP contribution in [0.3, 0.4) is 0 Å². The van der Waals surface area contributed by atoms with Gasteiger partial charge in [0.15, 0.2) is 0 Å². The second-order valence-electron chi connectivity index (χ2n) is 5.11. The van der Waals surface area contributed by atoms with Crippen LogP contribution in [0, 0.1) is 23.7 Å². The zero-order valence-corrected chi connectivity index (χ0v) is 8.73. The Morgan fingerprint density at radius 1 is 1.47 bits per heavy atom. The predicted octanol–water partition coefficient (Wildman–Crippen LogP) is 2.62. The van der Waals surface area contributed by atoms with Crippen LogP contribution in [0.1, 0.15) is 25.7 Å². The van der Waals surface area contributed by atoms with Crippen LogP contribution >= 0.6 is 0 Å². The lowest BCUT2D eigenvalue weighted by Gasteiger charge is -2.27. The zero-order chi connectivity index (χ0) is 10.4. The van der Waals surface area contributed by atoms with Crippen LogP contribution in [-0.4, -0.2) is 11.1 Å². The van der Waals surface area contributed by atoms with Crippen LogP contribution in [-0.2, 0) is 4.79 Å². The average molecular weight is 204 g/mol. The van der Waals surface area contributed by atoms with Gasteiger partial charge in [0, 0.05) is 12.3 Å². The third-order valence-electron chi connectivity index (χ3n) is 4.39. The summed E-state index contributed by atoms with van der Waals surface area (Å²) in [5, 5.41) is 8.70. The molecule has 0 saturated heterocycles. The van der Waals surface area contributed by atoms with E-state index >= 15 is 0 Å². The Morgan fingerprint density at radius 2 is 2.33 bits per heavy atom. The van der Waals surface area contributed by atoms with Gasteiger partial charge in [-0.1, -0.05) is 23.8 Å². The number of allylic oxidation sites excluding steroid dienone is 4. The second-order valence-corrected chi connectivity index (χ2v) is 5.11. The van der Waals surface area contributed by atoms with E-state index in [0.717, 1.165) is 18.3 Å². The first-order valence-electron chi connectivity index (χ1n) is 5.86. The monoisotopic (exact) mass is 204 g/mol. The van der Waals surface area contributed by atoms with Crippen LogP contribution in [0.2, 0.25) is 0 Å². The molecule has 0 aromatic rings. The molecule has 80 valence electrons. The third kappa shape index (κ3) is 1.35. The fourth-order valence-electron chi connectivity index (χ4n) is 3.81. The first-order valence-corrected chi connectivity index (χ1v) is 5.86. The van der Waals surface area contributed by atoms with Crippen LogP contribution < -0.4 is 0 Å². The van der Waals surface area contributed by atoms with Gasteiger partial charge >= 0.3 is 5.97 Å². The lowest BCUT2D eigenvalue weighted by atomic mass is 9.78. The minimum Gasteiger partial charge on any atom is -0.481 e. The average Bonchev–Trinajstić information content (AvgIpc) is 2.86. The van der Waals surface area contributed by atoms with Crippen molar-refractivity contribution in [2.45, 2.75) is 25.7 Å². The lowest BCUT2D eigenvalue weighted by Crippen LogP contribution is -2.18. The normalized spacial score (nSPS) is 40.7. The number of carboxylic acid groups (broad SMARTS) is 1. The fourth-order valence-corrected chi connectivity index (χ4v) is 3.81. The lowest BCUT2D eigenvalue weighted by molar-refractivity contribution is -0.137. The molecule has 0 spiro atoms. The molecule has 2 nitrogen and oxygen atoms in total. The number of carboxylic acids is 1. The van der Waals surface area contributed by atoms with Crippen LogP contribution in [0.25, 0.3) is 0 Å². The molecule has 2 heteroatoms. The second kappa shape index (κ2) is 3.22. The summed E-state index contributed by atoms with van der Waals surface area (Å²) in [4.78, 5) is 10.6. The van der Waals surface area contributed by atoms with Crippen molar-refractivity contribution in [3.05, 3.63) is 23.8 Å². The third-order valence-corrected chi connectivity index (χ3v) is 4.39. The number of hydrogen-bond acceptors (Lipinski definition) is 1. The topological polar surface area (TPSA) is 37.3 Å². The molecule has 3 aliphatic carbocycles. The molecule has 2 bridgehead atoms. The van der Waals surface area contributed by atoms with Crippen molar-refractivity contribution in [1.82, 2.24) is 0 Å². The summed E-state index contributed by atoms with van der Waals surface area (Å²) >= 11 is 0. The van der Waals surface area contributed by atoms with E-state index in [1.807, 2.05) is 0 Å². The molecule has 2 saturated carbocycles. The van der Waals surface area contributed by atoms with E-state index in [0.29, 0.717) is 18.3 Å². The summed E-state index contributed by atoms with van der Waals surface area (Å²) in [5.74, 6) is 2.24. The van der Waals surface area contributed by atoms with Crippen LogP contribution in [0.15, 0.2) is 23.8 Å². The molecule has 1 N–H and O–H groups in total. The zero-order valence-electron chi connectivity index (χ0n) is 8.73. The molecule has 3 aliphatic rings. The van der Waals surface area contributed by atoms with E-state index in [9.17, 15) is 4.79 Å². The van der Waals surface area contributed by atoms with E-state index in [4.69, 9.17) is 5.11 Å². The molecule has 0 amide bonds. The maximum atomic E-state index is 10.6. The van der Waals surface area contributed by atoms with Crippen molar-refractivity contribution in [2.24, 2.45) is 23.7 Å². The number of rotatable bonds is 3. The van der Waals surface area contributed by atoms with Gasteiger partial charge in [-0.15, -0.1) is 0 Å². The SMILES string of the molecule is O=C(O)CCC1CC2CC1C1=CC=CC12. The molecule has 0 aliphatic heterocycles. The summed E-state index contributed by atoms with van der Waals surface area (Å²) in [6, 6.07) is 0. The van der Waals surface area contributed by atoms with Crippen LogP contribution in [0.5, 0.6) is 0 Å². The molecule has 0 aromatic carbocycles. The summed E-state index contributed by atoms with van der Waals surface area (Å²) in [6.07, 6.45) is 10.6. The Bertz CT molecular complexity index is 354. The van der Waals surface area contributed by atoms with Crippen LogP contribution in [0.4, 0.5) is 0 Å². The number of hydrogen-bond donors (Lipinski definition) is 1. The number of fused-ring (bicyclic) bond motifs is 5. The van der Waals surface area contributed by atoms with E-state index in [-0.39, 0.29) is 0 Å². The largest absolute Gasteiger partial charge is 0.481 e. The molecule has 0 aromatic heterocycles. The molecule has 15 heavy (non-hydrogen) atoms. The summed E-state index contributed by atoms with van der Waals surface area (Å²) < 4.78 is 0. The highest BCUT2D eigenvalue weighted by atomic mass is 16.4. The molecule has 0 radical (unpaired) electrons. The van der Waals surface area contributed by atoms with Gasteiger partial charge in [0.1, 0.15) is 0 Å². The molecule has 2 fully saturated rings. The quantitative estimate of drug-likeness (QED) is 0.767. The summed E-state index contributed by atoms with van der Waals surface area (Å²) in [5.41, 5.74) is 1.60. The van der Waals surface area contributed by atoms with Crippen molar-refractivity contribution >= 4 is 5.97 Å². The Hall–Kier alpha value is -1.05. The maximum Gasteiger partial charge on any atom is 0.303 e. The molecular weight excluding hydrogens is 188 g/mol. The first kappa shape index (κ1) is 9.20. The minimum absolute atomic E-state index is 0.346. The van der Waals surface area contributed by atoms with Crippen molar-refractivity contribution in [3.63, 3.8) is 0 Å². The fraction of sp³-hybridized carbons (Fsp3) is 0.615. The molecule has 0 heterocycles. The van der Waals surface area contributed by atoms with Gasteiger partial charge in [-0.2, -0.15) is 0 Å². The number of aliphatic carboxylic acids is 1. The highest BCUT2D eigenvalue weighted by Gasteiger charge is 2.48. The van der Waals surface area contributed by atoms with E-state index in [1.54, 1.807) is 5.57 Å². The molecular formula is C13H16O2. The first-order chi connectivity index (χ1) is 7.25. The Kier molecular flexibility index (Phi) is 1.98. The Balaban J connectivity index is 1.69. The van der Waals surface area contributed by atoms with E-state index < -0.39 is 5.97 Å². The summed E-state index contributed by atoms with van der Waals surface area (Å²) in [6.45, 7) is 0. The van der Waals surface area contributed by atoms with Gasteiger partial charge in [0.05, 0.1) is 0 Å². The van der Waals surface area contributed by atoms with Gasteiger partial charge in [-0.05, 0) is 37.0 Å². The Morgan fingerprint density at radius 3 is 3.13 bits per heavy atom. The smallest absolute Gasteiger partial charge is 0.303 e. The molecule has 4 unspecified atom stereocenters. The predicted molar refractivity (Wildman–Crippen MR) is 57.3 cm³/mol. The highest BCUT2D eigenvalue weighted by molar-refractivity contribution is 5.66. The standard InChI is InChI=1S/C13H16O2/c14-13(15)5-4-8-6-9-7-12(8)11-3-1-2-10(9)11/h1-3,8-10,12H,4-7H2,(H,14,15). The van der Waals surface area contributed by atoms with Gasteiger partial charge in [0.25, 0.3) is 0 Å². The van der Waals surface area contributed by atoms with Crippen molar-refractivity contribution < 1.29 is 9.90 Å². The van der Waals surface area contributed by atoms with Gasteiger partial charge in [-0.25, -0.2) is 0 Å². The highest BCUT2D eigenvalue weighted by Crippen LogP contribution is 2.57. The maximum absolute atomic E-state index is 10.6. The Labute approximate surface area is 89.7 Å². The molecule has 4 atom stereocenters. The minimum atomic E-state index is -0.646. The van der Waals surface area contributed by atoms with Gasteiger partial charge < -0.3 is 5.11 Å². The van der Waals surface area contributed by atoms with E-state index in [2.05, 4.69) is 18.2 Å². The van der Waals surface area contributed by atoms with Crippen molar-refractivity contribution in [1.29, 1.82) is 0 Å². The van der Waals surface area contributed by atoms with Gasteiger partial charge in [-0.3, -0.25) is 4.79 Å². The summed E-state index contributed by atoms with van der Waals surface area (Å²) in [7, 11) is 0.